The van der Waals surface area contributed by atoms with Gasteiger partial charge >= 0.3 is 0 Å². The number of hydrogen-bond donors (Lipinski definition) is 2. The van der Waals surface area contributed by atoms with E-state index in [1.54, 1.807) is 30.5 Å². The second-order valence-electron chi connectivity index (χ2n) is 11.5. The lowest BCUT2D eigenvalue weighted by Gasteiger charge is -2.32. The molecule has 0 unspecified atom stereocenters. The molecule has 1 saturated heterocycles. The second-order valence-corrected chi connectivity index (χ2v) is 11.5. The first-order valence-corrected chi connectivity index (χ1v) is 16.3. The van der Waals surface area contributed by atoms with Crippen molar-refractivity contribution in [3.8, 4) is 34.4 Å². The van der Waals surface area contributed by atoms with Crippen LogP contribution in [0, 0.1) is 11.3 Å². The number of pyridine rings is 2. The third-order valence-electron chi connectivity index (χ3n) is 8.43. The summed E-state index contributed by atoms with van der Waals surface area (Å²) in [5, 5.41) is 12.3. The number of imidazole rings is 1. The number of likely N-dealkylation sites (tertiary alicyclic amines) is 1. The highest BCUT2D eigenvalue weighted by atomic mass is 16.1. The zero-order valence-corrected chi connectivity index (χ0v) is 27.2. The van der Waals surface area contributed by atoms with Crippen molar-refractivity contribution in [3.05, 3.63) is 126 Å². The van der Waals surface area contributed by atoms with E-state index in [0.29, 0.717) is 22.8 Å². The van der Waals surface area contributed by atoms with Crippen LogP contribution in [0.25, 0.3) is 39.5 Å². The molecule has 3 aromatic heterocycles. The Kier molecular flexibility index (Phi) is 9.84. The fourth-order valence-corrected chi connectivity index (χ4v) is 6.00. The molecule has 9 nitrogen and oxygen atoms in total. The largest absolute Gasteiger partial charge is 0.383 e. The van der Waals surface area contributed by atoms with Gasteiger partial charge < -0.3 is 11.1 Å². The van der Waals surface area contributed by atoms with Crippen LogP contribution in [0.3, 0.4) is 0 Å². The first-order valence-electron chi connectivity index (χ1n) is 16.3. The molecule has 1 aliphatic rings. The summed E-state index contributed by atoms with van der Waals surface area (Å²) in [6.45, 7) is 6.58. The molecular formula is C39H38N8O. The Morgan fingerprint density at radius 3 is 2.42 bits per heavy atom. The molecule has 4 heterocycles. The van der Waals surface area contributed by atoms with E-state index in [9.17, 15) is 4.79 Å². The predicted octanol–water partition coefficient (Wildman–Crippen LogP) is 7.02. The molecule has 6 aromatic rings. The predicted molar refractivity (Wildman–Crippen MR) is 190 cm³/mol. The topological polar surface area (TPSA) is 126 Å². The first-order chi connectivity index (χ1) is 23.6. The maximum Gasteiger partial charge on any atom is 0.251 e. The number of nitriles is 1. The highest BCUT2D eigenvalue weighted by Crippen LogP contribution is 2.32. The molecule has 9 heteroatoms. The standard InChI is InChI=1S/C37H32N8O.C2H6/c38-23-26-6-4-9-28(22-26)37(46)41-29-17-20-44(21-18-29)24-25-11-13-30(14-12-25)45-35(31-10-5-19-40-34(31)39)43-33-16-15-32(42-36(33)45)27-7-2-1-3-8-27;1-2/h1-16,19,22,29H,17-18,20-21,24H2,(H2,39,40)(H,41,46);1-2H3. The van der Waals surface area contributed by atoms with Gasteiger partial charge in [-0.2, -0.15) is 5.26 Å². The molecule has 0 aliphatic carbocycles. The summed E-state index contributed by atoms with van der Waals surface area (Å²) >= 11 is 0. The number of nitrogen functional groups attached to an aromatic ring is 1. The first kappa shape index (κ1) is 32.1. The Morgan fingerprint density at radius 1 is 0.917 bits per heavy atom. The SMILES string of the molecule is CC.N#Cc1cccc(C(=O)NC2CCN(Cc3ccc(-n4c(-c5cccnc5N)nc5ccc(-c6ccccc6)nc54)cc3)CC2)c1. The minimum absolute atomic E-state index is 0.109. The third-order valence-corrected chi connectivity index (χ3v) is 8.43. The van der Waals surface area contributed by atoms with Gasteiger partial charge in [-0.15, -0.1) is 0 Å². The number of amides is 1. The van der Waals surface area contributed by atoms with Gasteiger partial charge in [0.2, 0.25) is 0 Å². The number of carbonyl (C=O) groups excluding carboxylic acids is 1. The van der Waals surface area contributed by atoms with Crippen LogP contribution < -0.4 is 11.1 Å². The Bertz CT molecular complexity index is 2060. The molecule has 7 rings (SSSR count). The number of nitrogens with one attached hydrogen (secondary N) is 1. The van der Waals surface area contributed by atoms with Crippen molar-refractivity contribution in [3.63, 3.8) is 0 Å². The number of fused-ring (bicyclic) bond motifs is 1. The van der Waals surface area contributed by atoms with Gasteiger partial charge in [0.05, 0.1) is 22.9 Å². The number of piperidine rings is 1. The van der Waals surface area contributed by atoms with E-state index < -0.39 is 0 Å². The molecule has 0 spiro atoms. The normalized spacial score (nSPS) is 13.4. The van der Waals surface area contributed by atoms with Crippen LogP contribution in [0.15, 0.2) is 109 Å². The molecule has 3 aromatic carbocycles. The van der Waals surface area contributed by atoms with E-state index in [2.05, 4.69) is 62.2 Å². The number of rotatable bonds is 7. The Morgan fingerprint density at radius 2 is 1.69 bits per heavy atom. The Balaban J connectivity index is 0.00000197. The molecule has 0 saturated carbocycles. The van der Waals surface area contributed by atoms with Gasteiger partial charge in [-0.25, -0.2) is 15.0 Å². The van der Waals surface area contributed by atoms with Crippen molar-refractivity contribution in [1.29, 1.82) is 5.26 Å². The molecule has 1 fully saturated rings. The van der Waals surface area contributed by atoms with E-state index in [-0.39, 0.29) is 11.9 Å². The summed E-state index contributed by atoms with van der Waals surface area (Å²) in [5.74, 6) is 0.972. The van der Waals surface area contributed by atoms with Gasteiger partial charge in [-0.1, -0.05) is 62.4 Å². The van der Waals surface area contributed by atoms with Gasteiger partial charge in [-0.05, 0) is 73.0 Å². The summed E-state index contributed by atoms with van der Waals surface area (Å²) in [5.41, 5.74) is 13.6. The number of nitrogens with two attached hydrogens (primary N) is 1. The van der Waals surface area contributed by atoms with Gasteiger partial charge in [0.25, 0.3) is 5.91 Å². The smallest absolute Gasteiger partial charge is 0.251 e. The number of anilines is 1. The average molecular weight is 635 g/mol. The van der Waals surface area contributed by atoms with Crippen LogP contribution in [-0.2, 0) is 6.54 Å². The van der Waals surface area contributed by atoms with E-state index in [4.69, 9.17) is 21.0 Å². The maximum atomic E-state index is 12.7. The highest BCUT2D eigenvalue weighted by Gasteiger charge is 2.22. The van der Waals surface area contributed by atoms with Crippen LogP contribution in [0.2, 0.25) is 0 Å². The summed E-state index contributed by atoms with van der Waals surface area (Å²) < 4.78 is 2.05. The van der Waals surface area contributed by atoms with Gasteiger partial charge in [0, 0.05) is 48.7 Å². The molecule has 48 heavy (non-hydrogen) atoms. The molecule has 0 radical (unpaired) electrons. The van der Waals surface area contributed by atoms with Crippen LogP contribution >= 0.6 is 0 Å². The quantitative estimate of drug-likeness (QED) is 0.193. The fraction of sp³-hybridized carbons (Fsp3) is 0.205. The van der Waals surface area contributed by atoms with Crippen molar-refractivity contribution in [2.24, 2.45) is 0 Å². The van der Waals surface area contributed by atoms with Crippen molar-refractivity contribution in [2.75, 3.05) is 18.8 Å². The molecule has 1 amide bonds. The van der Waals surface area contributed by atoms with Gasteiger partial charge in [0.15, 0.2) is 11.5 Å². The van der Waals surface area contributed by atoms with E-state index >= 15 is 0 Å². The minimum Gasteiger partial charge on any atom is -0.383 e. The average Bonchev–Trinajstić information content (AvgIpc) is 3.52. The zero-order chi connectivity index (χ0) is 33.5. The van der Waals surface area contributed by atoms with E-state index in [1.165, 1.54) is 5.56 Å². The summed E-state index contributed by atoms with van der Waals surface area (Å²) in [4.78, 5) is 29.5. The number of carbonyl (C=O) groups is 1. The van der Waals surface area contributed by atoms with Crippen LogP contribution in [0.1, 0.15) is 48.2 Å². The lowest BCUT2D eigenvalue weighted by Crippen LogP contribution is -2.44. The van der Waals surface area contributed by atoms with Crippen LogP contribution in [0.5, 0.6) is 0 Å². The molecule has 0 atom stereocenters. The molecule has 3 N–H and O–H groups in total. The number of hydrogen-bond acceptors (Lipinski definition) is 7. The zero-order valence-electron chi connectivity index (χ0n) is 27.2. The van der Waals surface area contributed by atoms with Crippen molar-refractivity contribution < 1.29 is 4.79 Å². The van der Waals surface area contributed by atoms with Gasteiger partial charge in [-0.3, -0.25) is 14.3 Å². The Labute approximate surface area is 280 Å². The highest BCUT2D eigenvalue weighted by molar-refractivity contribution is 5.94. The number of aromatic nitrogens is 4. The van der Waals surface area contributed by atoms with Crippen molar-refractivity contribution in [1.82, 2.24) is 29.7 Å². The maximum absolute atomic E-state index is 12.7. The number of benzene rings is 3. The lowest BCUT2D eigenvalue weighted by atomic mass is 10.0. The summed E-state index contributed by atoms with van der Waals surface area (Å²) in [7, 11) is 0. The Hall–Kier alpha value is -5.85. The van der Waals surface area contributed by atoms with E-state index in [0.717, 1.165) is 66.1 Å². The number of nitrogens with zero attached hydrogens (tertiary/aromatic N) is 6. The van der Waals surface area contributed by atoms with Gasteiger partial charge in [0.1, 0.15) is 11.3 Å². The van der Waals surface area contributed by atoms with E-state index in [1.807, 2.05) is 56.3 Å². The third kappa shape index (κ3) is 6.94. The lowest BCUT2D eigenvalue weighted by molar-refractivity contribution is 0.0909. The minimum atomic E-state index is -0.129. The second kappa shape index (κ2) is 14.7. The van der Waals surface area contributed by atoms with Crippen LogP contribution in [0.4, 0.5) is 5.82 Å². The fourth-order valence-electron chi connectivity index (χ4n) is 6.00. The monoisotopic (exact) mass is 634 g/mol. The van der Waals surface area contributed by atoms with Crippen molar-refractivity contribution in [2.45, 2.75) is 39.3 Å². The molecule has 240 valence electrons. The molecule has 1 aliphatic heterocycles. The van der Waals surface area contributed by atoms with Crippen molar-refractivity contribution >= 4 is 22.9 Å². The van der Waals surface area contributed by atoms with Crippen LogP contribution in [-0.4, -0.2) is 49.5 Å². The summed E-state index contributed by atoms with van der Waals surface area (Å²) in [6, 6.07) is 35.4. The molecule has 0 bridgehead atoms. The summed E-state index contributed by atoms with van der Waals surface area (Å²) in [6.07, 6.45) is 3.42. The molecular weight excluding hydrogens is 596 g/mol.